The number of hydrogen-bond donors (Lipinski definition) is 1. The van der Waals surface area contributed by atoms with Crippen LogP contribution in [0.15, 0.2) is 30.3 Å². The van der Waals surface area contributed by atoms with Crippen molar-refractivity contribution in [3.63, 3.8) is 0 Å². The fraction of sp³-hybridized carbons (Fsp3) is 0.526. The van der Waals surface area contributed by atoms with Crippen LogP contribution >= 0.6 is 0 Å². The first kappa shape index (κ1) is 16.7. The van der Waals surface area contributed by atoms with E-state index in [0.29, 0.717) is 24.4 Å². The van der Waals surface area contributed by atoms with Gasteiger partial charge in [0, 0.05) is 25.1 Å². The fourth-order valence-electron chi connectivity index (χ4n) is 3.70. The molecule has 1 aromatic carbocycles. The third-order valence-corrected chi connectivity index (χ3v) is 5.00. The van der Waals surface area contributed by atoms with Gasteiger partial charge in [0.05, 0.1) is 6.04 Å². The van der Waals surface area contributed by atoms with E-state index >= 15 is 0 Å². The van der Waals surface area contributed by atoms with Crippen molar-refractivity contribution in [3.8, 4) is 0 Å². The summed E-state index contributed by atoms with van der Waals surface area (Å²) in [7, 11) is 0. The van der Waals surface area contributed by atoms with Crippen molar-refractivity contribution < 1.29 is 14.4 Å². The van der Waals surface area contributed by atoms with Crippen LogP contribution < -0.4 is 5.32 Å². The Morgan fingerprint density at radius 1 is 1.08 bits per heavy atom. The van der Waals surface area contributed by atoms with E-state index in [1.165, 1.54) is 32.1 Å². The Balaban J connectivity index is 1.52. The lowest BCUT2D eigenvalue weighted by atomic mass is 9.89. The summed E-state index contributed by atoms with van der Waals surface area (Å²) < 4.78 is 0. The van der Waals surface area contributed by atoms with Crippen LogP contribution in [0, 0.1) is 5.92 Å². The van der Waals surface area contributed by atoms with E-state index in [1.807, 2.05) is 4.90 Å². The highest BCUT2D eigenvalue weighted by Crippen LogP contribution is 2.26. The van der Waals surface area contributed by atoms with E-state index in [1.54, 1.807) is 30.3 Å². The molecular formula is C19H24N2O3. The predicted octanol–water partition coefficient (Wildman–Crippen LogP) is 2.17. The second-order valence-corrected chi connectivity index (χ2v) is 6.87. The van der Waals surface area contributed by atoms with Crippen molar-refractivity contribution in [2.45, 2.75) is 44.6 Å². The molecule has 1 atom stereocenters. The molecule has 1 aliphatic heterocycles. The molecule has 1 saturated heterocycles. The SMILES string of the molecule is O=C(NC1CC(=O)N(CC2CCCCC2)C1)C(=O)c1ccccc1. The molecule has 1 aliphatic carbocycles. The number of carbonyl (C=O) groups is 3. The molecule has 128 valence electrons. The summed E-state index contributed by atoms with van der Waals surface area (Å²) in [6, 6.07) is 8.24. The van der Waals surface area contributed by atoms with E-state index in [9.17, 15) is 14.4 Å². The maximum absolute atomic E-state index is 12.2. The molecule has 0 aromatic heterocycles. The van der Waals surface area contributed by atoms with Gasteiger partial charge in [-0.05, 0) is 18.8 Å². The van der Waals surface area contributed by atoms with Crippen molar-refractivity contribution >= 4 is 17.6 Å². The number of nitrogens with one attached hydrogen (secondary N) is 1. The lowest BCUT2D eigenvalue weighted by Crippen LogP contribution is -2.41. The standard InChI is InChI=1S/C19H24N2O3/c22-17-11-16(13-21(17)12-14-7-3-1-4-8-14)20-19(24)18(23)15-9-5-2-6-10-15/h2,5-6,9-10,14,16H,1,3-4,7-8,11-13H2,(H,20,24). The minimum Gasteiger partial charge on any atom is -0.344 e. The van der Waals surface area contributed by atoms with Crippen molar-refractivity contribution in [1.29, 1.82) is 0 Å². The molecule has 0 spiro atoms. The third-order valence-electron chi connectivity index (χ3n) is 5.00. The average molecular weight is 328 g/mol. The largest absolute Gasteiger partial charge is 0.344 e. The molecule has 2 fully saturated rings. The van der Waals surface area contributed by atoms with Crippen LogP contribution in [0.1, 0.15) is 48.9 Å². The highest BCUT2D eigenvalue weighted by molar-refractivity contribution is 6.42. The fourth-order valence-corrected chi connectivity index (χ4v) is 3.70. The van der Waals surface area contributed by atoms with Gasteiger partial charge in [-0.25, -0.2) is 0 Å². The van der Waals surface area contributed by atoms with Gasteiger partial charge < -0.3 is 10.2 Å². The number of hydrogen-bond acceptors (Lipinski definition) is 3. The number of likely N-dealkylation sites (tertiary alicyclic amines) is 1. The molecule has 1 saturated carbocycles. The molecule has 0 radical (unpaired) electrons. The topological polar surface area (TPSA) is 66.5 Å². The van der Waals surface area contributed by atoms with Crippen LogP contribution in [-0.4, -0.2) is 41.6 Å². The Kier molecular flexibility index (Phi) is 5.28. The highest BCUT2D eigenvalue weighted by atomic mass is 16.2. The molecule has 5 nitrogen and oxygen atoms in total. The molecule has 1 heterocycles. The Morgan fingerprint density at radius 2 is 1.79 bits per heavy atom. The van der Waals surface area contributed by atoms with E-state index in [0.717, 1.165) is 6.54 Å². The normalized spacial score (nSPS) is 21.8. The summed E-state index contributed by atoms with van der Waals surface area (Å²) in [6.07, 6.45) is 6.46. The van der Waals surface area contributed by atoms with Crippen molar-refractivity contribution in [2.24, 2.45) is 5.92 Å². The van der Waals surface area contributed by atoms with Gasteiger partial charge in [0.25, 0.3) is 5.91 Å². The zero-order valence-electron chi connectivity index (χ0n) is 13.9. The van der Waals surface area contributed by atoms with E-state index in [4.69, 9.17) is 0 Å². The molecule has 1 aromatic rings. The first-order valence-electron chi connectivity index (χ1n) is 8.81. The lowest BCUT2D eigenvalue weighted by molar-refractivity contribution is -0.128. The van der Waals surface area contributed by atoms with Crippen LogP contribution in [0.4, 0.5) is 0 Å². The average Bonchev–Trinajstić information content (AvgIpc) is 2.95. The van der Waals surface area contributed by atoms with Crippen LogP contribution in [0.5, 0.6) is 0 Å². The first-order chi connectivity index (χ1) is 11.6. The quantitative estimate of drug-likeness (QED) is 0.665. The summed E-state index contributed by atoms with van der Waals surface area (Å²) in [4.78, 5) is 38.2. The first-order valence-corrected chi connectivity index (χ1v) is 8.81. The van der Waals surface area contributed by atoms with Crippen LogP contribution in [0.3, 0.4) is 0 Å². The summed E-state index contributed by atoms with van der Waals surface area (Å²) >= 11 is 0. The van der Waals surface area contributed by atoms with E-state index < -0.39 is 11.7 Å². The Bertz CT molecular complexity index is 608. The highest BCUT2D eigenvalue weighted by Gasteiger charge is 2.33. The summed E-state index contributed by atoms with van der Waals surface area (Å²) in [5.74, 6) is -0.506. The van der Waals surface area contributed by atoms with Gasteiger partial charge >= 0.3 is 0 Å². The smallest absolute Gasteiger partial charge is 0.292 e. The number of carbonyl (C=O) groups excluding carboxylic acids is 3. The Labute approximate surface area is 142 Å². The monoisotopic (exact) mass is 328 g/mol. The number of amides is 2. The lowest BCUT2D eigenvalue weighted by Gasteiger charge is -2.27. The maximum atomic E-state index is 12.2. The zero-order valence-corrected chi connectivity index (χ0v) is 13.9. The molecule has 1 unspecified atom stereocenters. The van der Waals surface area contributed by atoms with Gasteiger partial charge in [0.1, 0.15) is 0 Å². The number of rotatable bonds is 5. The zero-order chi connectivity index (χ0) is 16.9. The number of benzene rings is 1. The molecule has 2 amide bonds. The third kappa shape index (κ3) is 4.02. The van der Waals surface area contributed by atoms with Gasteiger partial charge in [0.15, 0.2) is 0 Å². The Morgan fingerprint density at radius 3 is 2.50 bits per heavy atom. The summed E-state index contributed by atoms with van der Waals surface area (Å²) in [5.41, 5.74) is 0.374. The van der Waals surface area contributed by atoms with Gasteiger partial charge in [-0.3, -0.25) is 14.4 Å². The van der Waals surface area contributed by atoms with Gasteiger partial charge in [0.2, 0.25) is 11.7 Å². The second kappa shape index (κ2) is 7.60. The van der Waals surface area contributed by atoms with E-state index in [-0.39, 0.29) is 11.9 Å². The molecule has 5 heteroatoms. The second-order valence-electron chi connectivity index (χ2n) is 6.87. The number of Topliss-reactive ketones (excluding diaryl/α,β-unsaturated/α-hetero) is 1. The molecular weight excluding hydrogens is 304 g/mol. The van der Waals surface area contributed by atoms with Crippen molar-refractivity contribution in [2.75, 3.05) is 13.1 Å². The molecule has 0 bridgehead atoms. The van der Waals surface area contributed by atoms with Crippen LogP contribution in [0.25, 0.3) is 0 Å². The number of ketones is 1. The van der Waals surface area contributed by atoms with Crippen molar-refractivity contribution in [3.05, 3.63) is 35.9 Å². The van der Waals surface area contributed by atoms with Gasteiger partial charge in [-0.2, -0.15) is 0 Å². The molecule has 24 heavy (non-hydrogen) atoms. The van der Waals surface area contributed by atoms with Crippen molar-refractivity contribution in [1.82, 2.24) is 10.2 Å². The molecule has 1 N–H and O–H groups in total. The Hall–Kier alpha value is -2.17. The molecule has 2 aliphatic rings. The van der Waals surface area contributed by atoms with Crippen LogP contribution in [-0.2, 0) is 9.59 Å². The van der Waals surface area contributed by atoms with E-state index in [2.05, 4.69) is 5.32 Å². The summed E-state index contributed by atoms with van der Waals surface area (Å²) in [6.45, 7) is 1.31. The summed E-state index contributed by atoms with van der Waals surface area (Å²) in [5, 5.41) is 2.72. The molecule has 3 rings (SSSR count). The van der Waals surface area contributed by atoms with Gasteiger partial charge in [-0.15, -0.1) is 0 Å². The minimum atomic E-state index is -0.626. The maximum Gasteiger partial charge on any atom is 0.292 e. The number of nitrogens with zero attached hydrogens (tertiary/aromatic N) is 1. The van der Waals surface area contributed by atoms with Gasteiger partial charge in [-0.1, -0.05) is 49.6 Å². The predicted molar refractivity (Wildman–Crippen MR) is 90.5 cm³/mol. The minimum absolute atomic E-state index is 0.0815. The van der Waals surface area contributed by atoms with Crippen LogP contribution in [0.2, 0.25) is 0 Å².